The first-order valence-corrected chi connectivity index (χ1v) is 6.15. The number of ketones is 1. The van der Waals surface area contributed by atoms with Crippen molar-refractivity contribution in [2.24, 2.45) is 0 Å². The summed E-state index contributed by atoms with van der Waals surface area (Å²) >= 11 is 0. The van der Waals surface area contributed by atoms with Crippen LogP contribution in [0.2, 0.25) is 0 Å². The molecular formula is C16H24O. The molecule has 0 heterocycles. The van der Waals surface area contributed by atoms with Crippen molar-refractivity contribution in [1.82, 2.24) is 0 Å². The summed E-state index contributed by atoms with van der Waals surface area (Å²) in [6.45, 7) is 9.89. The molecule has 1 nitrogen and oxygen atoms in total. The Kier molecular flexibility index (Phi) is 9.04. The molecule has 0 N–H and O–H groups in total. The maximum atomic E-state index is 11.3. The van der Waals surface area contributed by atoms with Gasteiger partial charge in [0.25, 0.3) is 0 Å². The van der Waals surface area contributed by atoms with Crippen LogP contribution in [0.5, 0.6) is 0 Å². The van der Waals surface area contributed by atoms with Gasteiger partial charge < -0.3 is 0 Å². The molecule has 17 heavy (non-hydrogen) atoms. The van der Waals surface area contributed by atoms with Crippen molar-refractivity contribution in [1.29, 1.82) is 0 Å². The highest BCUT2D eigenvalue weighted by Gasteiger charge is 1.93. The van der Waals surface area contributed by atoms with Gasteiger partial charge in [0, 0.05) is 6.42 Å². The third-order valence-corrected chi connectivity index (χ3v) is 2.33. The Hall–Kier alpha value is -1.37. The third-order valence-electron chi connectivity index (χ3n) is 2.33. The van der Waals surface area contributed by atoms with E-state index in [4.69, 9.17) is 0 Å². The van der Waals surface area contributed by atoms with Crippen LogP contribution < -0.4 is 0 Å². The van der Waals surface area contributed by atoms with Crippen LogP contribution in [0.15, 0.2) is 48.1 Å². The Balaban J connectivity index is 3.93. The fourth-order valence-corrected chi connectivity index (χ4v) is 1.28. The first kappa shape index (κ1) is 15.6. The Morgan fingerprint density at radius 1 is 1.18 bits per heavy atom. The van der Waals surface area contributed by atoms with Crippen LogP contribution in [0, 0.1) is 0 Å². The van der Waals surface area contributed by atoms with Gasteiger partial charge in [-0.25, -0.2) is 0 Å². The highest BCUT2D eigenvalue weighted by atomic mass is 16.1. The van der Waals surface area contributed by atoms with Crippen LogP contribution in [-0.2, 0) is 4.79 Å². The number of hydrogen-bond donors (Lipinski definition) is 0. The van der Waals surface area contributed by atoms with E-state index < -0.39 is 0 Å². The average Bonchev–Trinajstić information content (AvgIpc) is 2.25. The summed E-state index contributed by atoms with van der Waals surface area (Å²) in [7, 11) is 0. The SMILES string of the molecule is C=CCCC(=O)/C=C/C/C(C)=C/CC=C(C)C. The zero-order chi connectivity index (χ0) is 13.1. The molecule has 0 rings (SSSR count). The van der Waals surface area contributed by atoms with Crippen LogP contribution in [0.3, 0.4) is 0 Å². The van der Waals surface area contributed by atoms with E-state index in [9.17, 15) is 4.79 Å². The number of carbonyl (C=O) groups is 1. The lowest BCUT2D eigenvalue weighted by atomic mass is 10.1. The molecule has 0 aromatic heterocycles. The van der Waals surface area contributed by atoms with Crippen LogP contribution in [-0.4, -0.2) is 5.78 Å². The molecule has 0 atom stereocenters. The normalized spacial score (nSPS) is 11.6. The van der Waals surface area contributed by atoms with Crippen molar-refractivity contribution < 1.29 is 4.79 Å². The van der Waals surface area contributed by atoms with Crippen molar-refractivity contribution in [2.75, 3.05) is 0 Å². The fraction of sp³-hybridized carbons (Fsp3) is 0.438. The lowest BCUT2D eigenvalue weighted by Gasteiger charge is -1.95. The molecule has 0 aliphatic rings. The van der Waals surface area contributed by atoms with Gasteiger partial charge in [0.2, 0.25) is 0 Å². The summed E-state index contributed by atoms with van der Waals surface area (Å²) in [5.74, 6) is 0.182. The highest BCUT2D eigenvalue weighted by molar-refractivity contribution is 5.89. The van der Waals surface area contributed by atoms with E-state index >= 15 is 0 Å². The summed E-state index contributed by atoms with van der Waals surface area (Å²) in [6.07, 6.45) is 13.0. The molecule has 94 valence electrons. The molecule has 0 aromatic rings. The minimum Gasteiger partial charge on any atom is -0.295 e. The van der Waals surface area contributed by atoms with Crippen molar-refractivity contribution in [3.63, 3.8) is 0 Å². The quantitative estimate of drug-likeness (QED) is 0.435. The summed E-state index contributed by atoms with van der Waals surface area (Å²) in [6, 6.07) is 0. The fourth-order valence-electron chi connectivity index (χ4n) is 1.28. The van der Waals surface area contributed by atoms with Crippen LogP contribution in [0.1, 0.15) is 46.5 Å². The molecule has 0 aliphatic heterocycles. The van der Waals surface area contributed by atoms with E-state index in [1.807, 2.05) is 6.08 Å². The largest absolute Gasteiger partial charge is 0.295 e. The molecule has 0 saturated carbocycles. The van der Waals surface area contributed by atoms with Gasteiger partial charge in [-0.1, -0.05) is 35.5 Å². The second-order valence-electron chi connectivity index (χ2n) is 4.47. The predicted molar refractivity (Wildman–Crippen MR) is 76.0 cm³/mol. The van der Waals surface area contributed by atoms with Crippen molar-refractivity contribution in [3.05, 3.63) is 48.1 Å². The molecule has 1 heteroatoms. The van der Waals surface area contributed by atoms with Crippen LogP contribution in [0.4, 0.5) is 0 Å². The maximum absolute atomic E-state index is 11.3. The predicted octanol–water partition coefficient (Wildman–Crippen LogP) is 4.77. The first-order valence-electron chi connectivity index (χ1n) is 6.15. The van der Waals surface area contributed by atoms with E-state index in [-0.39, 0.29) is 5.78 Å². The molecule has 0 amide bonds. The molecule has 0 aliphatic carbocycles. The standard InChI is InChI=1S/C16H24O/c1-5-6-12-16(17)13-8-11-15(4)10-7-9-14(2)3/h5,8-10,13H,1,6-7,11-12H2,2-4H3/b13-8+,15-10+. The summed E-state index contributed by atoms with van der Waals surface area (Å²) in [5, 5.41) is 0. The van der Waals surface area contributed by atoms with Crippen molar-refractivity contribution in [3.8, 4) is 0 Å². The van der Waals surface area contributed by atoms with E-state index in [0.717, 1.165) is 19.3 Å². The molecular weight excluding hydrogens is 208 g/mol. The van der Waals surface area contributed by atoms with Crippen LogP contribution >= 0.6 is 0 Å². The molecule has 0 spiro atoms. The van der Waals surface area contributed by atoms with Gasteiger partial charge in [0.05, 0.1) is 0 Å². The molecule has 0 radical (unpaired) electrons. The highest BCUT2D eigenvalue weighted by Crippen LogP contribution is 2.05. The van der Waals surface area contributed by atoms with Gasteiger partial charge in [0.15, 0.2) is 5.78 Å². The number of rotatable bonds is 8. The topological polar surface area (TPSA) is 17.1 Å². The average molecular weight is 232 g/mol. The lowest BCUT2D eigenvalue weighted by molar-refractivity contribution is -0.114. The second kappa shape index (κ2) is 9.83. The Bertz CT molecular complexity index is 325. The summed E-state index contributed by atoms with van der Waals surface area (Å²) in [5.41, 5.74) is 2.64. The molecule has 0 bridgehead atoms. The number of carbonyl (C=O) groups excluding carboxylic acids is 1. The maximum Gasteiger partial charge on any atom is 0.155 e. The zero-order valence-electron chi connectivity index (χ0n) is 11.3. The molecule has 0 unspecified atom stereocenters. The Morgan fingerprint density at radius 3 is 2.47 bits per heavy atom. The monoisotopic (exact) mass is 232 g/mol. The van der Waals surface area contributed by atoms with E-state index in [1.54, 1.807) is 12.2 Å². The van der Waals surface area contributed by atoms with Gasteiger partial charge in [-0.3, -0.25) is 4.79 Å². The van der Waals surface area contributed by atoms with Crippen LogP contribution in [0.25, 0.3) is 0 Å². The van der Waals surface area contributed by atoms with Crippen molar-refractivity contribution in [2.45, 2.75) is 46.5 Å². The Morgan fingerprint density at radius 2 is 1.88 bits per heavy atom. The van der Waals surface area contributed by atoms with Gasteiger partial charge in [-0.2, -0.15) is 0 Å². The van der Waals surface area contributed by atoms with Gasteiger partial charge in [-0.05, 0) is 46.1 Å². The Labute approximate surface area is 106 Å². The minimum absolute atomic E-state index is 0.182. The van der Waals surface area contributed by atoms with Gasteiger partial charge in [0.1, 0.15) is 0 Å². The van der Waals surface area contributed by atoms with E-state index in [2.05, 4.69) is 39.5 Å². The lowest BCUT2D eigenvalue weighted by Crippen LogP contribution is -1.90. The summed E-state index contributed by atoms with van der Waals surface area (Å²) in [4.78, 5) is 11.3. The van der Waals surface area contributed by atoms with E-state index in [0.29, 0.717) is 6.42 Å². The molecule has 0 fully saturated rings. The smallest absolute Gasteiger partial charge is 0.155 e. The first-order chi connectivity index (χ1) is 8.06. The zero-order valence-corrected chi connectivity index (χ0v) is 11.3. The van der Waals surface area contributed by atoms with E-state index in [1.165, 1.54) is 11.1 Å². The number of allylic oxidation sites excluding steroid dienone is 7. The van der Waals surface area contributed by atoms with Crippen molar-refractivity contribution >= 4 is 5.78 Å². The third kappa shape index (κ3) is 10.9. The second-order valence-corrected chi connectivity index (χ2v) is 4.47. The minimum atomic E-state index is 0.182. The van der Waals surface area contributed by atoms with Gasteiger partial charge in [-0.15, -0.1) is 6.58 Å². The van der Waals surface area contributed by atoms with Gasteiger partial charge >= 0.3 is 0 Å². The molecule has 0 aromatic carbocycles. The molecule has 0 saturated heterocycles. The summed E-state index contributed by atoms with van der Waals surface area (Å²) < 4.78 is 0. The number of hydrogen-bond acceptors (Lipinski definition) is 1.